The molecule has 0 aromatic heterocycles. The van der Waals surface area contributed by atoms with E-state index in [0.29, 0.717) is 5.92 Å². The molecule has 0 fully saturated rings. The van der Waals surface area contributed by atoms with Gasteiger partial charge in [0.2, 0.25) is 0 Å². The Balaban J connectivity index is 2.42. The third kappa shape index (κ3) is 0.829. The lowest BCUT2D eigenvalue weighted by atomic mass is 10.2. The van der Waals surface area contributed by atoms with E-state index in [4.69, 9.17) is 0 Å². The third-order valence-electron chi connectivity index (χ3n) is 1.12. The van der Waals surface area contributed by atoms with Crippen LogP contribution >= 0.6 is 0 Å². The van der Waals surface area contributed by atoms with E-state index >= 15 is 0 Å². The lowest BCUT2D eigenvalue weighted by Gasteiger charge is -1.93. The number of hydrogen-bond donors (Lipinski definition) is 1. The zero-order valence-electron chi connectivity index (χ0n) is 4.22. The van der Waals surface area contributed by atoms with Crippen LogP contribution in [0.3, 0.4) is 0 Å². The molecular weight excluding hydrogens is 86.1 g/mol. The molecule has 0 amide bonds. The molecule has 1 aliphatic rings. The van der Waals surface area contributed by atoms with E-state index in [9.17, 15) is 0 Å². The van der Waals surface area contributed by atoms with E-state index in [1.54, 1.807) is 0 Å². The smallest absolute Gasteiger partial charge is 0.0239 e. The highest BCUT2D eigenvalue weighted by Crippen LogP contribution is 2.01. The summed E-state index contributed by atoms with van der Waals surface area (Å²) >= 11 is 0. The molecule has 1 N–H and O–H groups in total. The van der Waals surface area contributed by atoms with Crippen LogP contribution in [0.15, 0.2) is 24.9 Å². The number of rotatable bonds is 1. The summed E-state index contributed by atoms with van der Waals surface area (Å²) in [7, 11) is 0. The molecule has 1 aliphatic heterocycles. The first-order chi connectivity index (χ1) is 3.43. The maximum absolute atomic E-state index is 3.65. The van der Waals surface area contributed by atoms with Gasteiger partial charge in [0.1, 0.15) is 0 Å². The molecule has 38 valence electrons. The summed E-state index contributed by atoms with van der Waals surface area (Å²) in [4.78, 5) is 0. The van der Waals surface area contributed by atoms with Crippen molar-refractivity contribution in [2.45, 2.75) is 0 Å². The summed E-state index contributed by atoms with van der Waals surface area (Å²) in [6.07, 6.45) is 6.01. The fourth-order valence-corrected chi connectivity index (χ4v) is 0.626. The summed E-state index contributed by atoms with van der Waals surface area (Å²) in [5, 5.41) is 3.07. The lowest BCUT2D eigenvalue weighted by molar-refractivity contribution is 0.791. The predicted octanol–water partition coefficient (Wildman–Crippen LogP) is 0.905. The second-order valence-electron chi connectivity index (χ2n) is 1.67. The van der Waals surface area contributed by atoms with Crippen LogP contribution in [0.5, 0.6) is 0 Å². The van der Waals surface area contributed by atoms with Gasteiger partial charge in [0.25, 0.3) is 0 Å². The molecule has 0 aromatic rings. The van der Waals surface area contributed by atoms with Crippen molar-refractivity contribution in [3.05, 3.63) is 24.9 Å². The minimum absolute atomic E-state index is 0.569. The minimum atomic E-state index is 0.569. The summed E-state index contributed by atoms with van der Waals surface area (Å²) in [6, 6.07) is 0. The number of nitrogens with one attached hydrogen (secondary N) is 1. The molecule has 7 heavy (non-hydrogen) atoms. The predicted molar refractivity (Wildman–Crippen MR) is 30.8 cm³/mol. The first kappa shape index (κ1) is 4.44. The van der Waals surface area contributed by atoms with Crippen molar-refractivity contribution in [3.63, 3.8) is 0 Å². The fraction of sp³-hybridized carbons (Fsp3) is 0.333. The van der Waals surface area contributed by atoms with Crippen LogP contribution < -0.4 is 5.32 Å². The highest BCUT2D eigenvalue weighted by atomic mass is 14.9. The first-order valence-corrected chi connectivity index (χ1v) is 2.46. The molecule has 1 heteroatoms. The van der Waals surface area contributed by atoms with Crippen molar-refractivity contribution >= 4 is 0 Å². The molecule has 1 nitrogen and oxygen atoms in total. The van der Waals surface area contributed by atoms with Crippen LogP contribution in [0, 0.1) is 5.92 Å². The zero-order chi connectivity index (χ0) is 5.11. The van der Waals surface area contributed by atoms with Crippen LogP contribution in [0.25, 0.3) is 0 Å². The molecule has 0 saturated heterocycles. The van der Waals surface area contributed by atoms with E-state index in [0.717, 1.165) is 6.54 Å². The fourth-order valence-electron chi connectivity index (χ4n) is 0.626. The Bertz CT molecular complexity index is 94.4. The molecule has 0 spiro atoms. The normalized spacial score (nSPS) is 27.1. The minimum Gasteiger partial charge on any atom is -0.390 e. The third-order valence-corrected chi connectivity index (χ3v) is 1.12. The number of hydrogen-bond acceptors (Lipinski definition) is 1. The van der Waals surface area contributed by atoms with Gasteiger partial charge in [0.15, 0.2) is 0 Å². The molecule has 0 bridgehead atoms. The lowest BCUT2D eigenvalue weighted by Crippen LogP contribution is -2.05. The van der Waals surface area contributed by atoms with Gasteiger partial charge in [-0.3, -0.25) is 0 Å². The molecule has 0 saturated carbocycles. The van der Waals surface area contributed by atoms with Crippen molar-refractivity contribution in [2.75, 3.05) is 6.54 Å². The Morgan fingerprint density at radius 3 is 3.00 bits per heavy atom. The van der Waals surface area contributed by atoms with Gasteiger partial charge in [-0.05, 0) is 6.20 Å². The monoisotopic (exact) mass is 95.1 g/mol. The van der Waals surface area contributed by atoms with Crippen molar-refractivity contribution < 1.29 is 0 Å². The Morgan fingerprint density at radius 2 is 2.71 bits per heavy atom. The van der Waals surface area contributed by atoms with E-state index in [1.165, 1.54) is 0 Å². The Labute approximate surface area is 43.7 Å². The Kier molecular flexibility index (Phi) is 1.16. The Hall–Kier alpha value is -0.720. The van der Waals surface area contributed by atoms with Gasteiger partial charge >= 0.3 is 0 Å². The highest BCUT2D eigenvalue weighted by Gasteiger charge is 2.00. The van der Waals surface area contributed by atoms with E-state index in [1.807, 2.05) is 12.3 Å². The molecule has 1 heterocycles. The molecule has 1 unspecified atom stereocenters. The quantitative estimate of drug-likeness (QED) is 0.477. The van der Waals surface area contributed by atoms with Gasteiger partial charge in [0, 0.05) is 12.5 Å². The first-order valence-electron chi connectivity index (χ1n) is 2.46. The topological polar surface area (TPSA) is 12.0 Å². The Morgan fingerprint density at radius 1 is 1.86 bits per heavy atom. The average molecular weight is 95.1 g/mol. The molecule has 1 rings (SSSR count). The van der Waals surface area contributed by atoms with Gasteiger partial charge < -0.3 is 5.32 Å². The molecular formula is C6H9N. The van der Waals surface area contributed by atoms with Crippen molar-refractivity contribution in [1.29, 1.82) is 0 Å². The van der Waals surface area contributed by atoms with E-state index in [-0.39, 0.29) is 0 Å². The van der Waals surface area contributed by atoms with Crippen LogP contribution in [0.2, 0.25) is 0 Å². The van der Waals surface area contributed by atoms with Gasteiger partial charge in [-0.2, -0.15) is 0 Å². The van der Waals surface area contributed by atoms with Crippen molar-refractivity contribution in [1.82, 2.24) is 5.32 Å². The van der Waals surface area contributed by atoms with Gasteiger partial charge in [0.05, 0.1) is 0 Å². The highest BCUT2D eigenvalue weighted by molar-refractivity contribution is 5.03. The average Bonchev–Trinajstić information content (AvgIpc) is 2.14. The van der Waals surface area contributed by atoms with Crippen molar-refractivity contribution in [3.8, 4) is 0 Å². The summed E-state index contributed by atoms with van der Waals surface area (Å²) < 4.78 is 0. The standard InChI is InChI=1S/C6H9N/c1-2-6-3-4-7-5-6/h2-4,6-7H,1,5H2. The van der Waals surface area contributed by atoms with E-state index < -0.39 is 0 Å². The summed E-state index contributed by atoms with van der Waals surface area (Å²) in [6.45, 7) is 4.68. The second-order valence-corrected chi connectivity index (χ2v) is 1.67. The summed E-state index contributed by atoms with van der Waals surface area (Å²) in [5.41, 5.74) is 0. The van der Waals surface area contributed by atoms with Gasteiger partial charge in [-0.15, -0.1) is 6.58 Å². The van der Waals surface area contributed by atoms with Crippen LogP contribution in [-0.2, 0) is 0 Å². The van der Waals surface area contributed by atoms with Gasteiger partial charge in [-0.25, -0.2) is 0 Å². The molecule has 0 aromatic carbocycles. The second kappa shape index (κ2) is 1.82. The molecule has 1 atom stereocenters. The zero-order valence-corrected chi connectivity index (χ0v) is 4.22. The van der Waals surface area contributed by atoms with Gasteiger partial charge in [-0.1, -0.05) is 12.2 Å². The summed E-state index contributed by atoms with van der Waals surface area (Å²) in [5.74, 6) is 0.569. The van der Waals surface area contributed by atoms with Crippen LogP contribution in [0.4, 0.5) is 0 Å². The van der Waals surface area contributed by atoms with Crippen molar-refractivity contribution in [2.24, 2.45) is 5.92 Å². The maximum atomic E-state index is 3.65. The van der Waals surface area contributed by atoms with Crippen LogP contribution in [-0.4, -0.2) is 6.54 Å². The SMILES string of the molecule is C=CC1C=CNC1. The van der Waals surface area contributed by atoms with E-state index in [2.05, 4.69) is 18.0 Å². The molecule has 0 radical (unpaired) electrons. The largest absolute Gasteiger partial charge is 0.390 e. The molecule has 0 aliphatic carbocycles. The van der Waals surface area contributed by atoms with Crippen LogP contribution in [0.1, 0.15) is 0 Å². The maximum Gasteiger partial charge on any atom is 0.0239 e.